The minimum atomic E-state index is -1.29. The summed E-state index contributed by atoms with van der Waals surface area (Å²) in [6.45, 7) is 25.8. The fraction of sp³-hybridized carbons (Fsp3) is 0.367. The van der Waals surface area contributed by atoms with Crippen LogP contribution in [0.4, 0.5) is 0 Å². The lowest BCUT2D eigenvalue weighted by molar-refractivity contribution is -0.164. The Morgan fingerprint density at radius 1 is 0.445 bits per heavy atom. The molecule has 119 heavy (non-hydrogen) atoms. The number of aryl methyl sites for hydroxylation is 3. The van der Waals surface area contributed by atoms with E-state index >= 15 is 0 Å². The van der Waals surface area contributed by atoms with Gasteiger partial charge in [-0.2, -0.15) is 0 Å². The summed E-state index contributed by atoms with van der Waals surface area (Å²) in [6.07, 6.45) is 2.47. The third-order valence-electron chi connectivity index (χ3n) is 20.8. The Kier molecular flexibility index (Phi) is 28.5. The zero-order valence-electron chi connectivity index (χ0n) is 69.7. The van der Waals surface area contributed by atoms with Gasteiger partial charge in [-0.1, -0.05) is 18.2 Å². The van der Waals surface area contributed by atoms with Gasteiger partial charge in [-0.3, -0.25) is 24.0 Å². The second-order valence-corrected chi connectivity index (χ2v) is 30.8. The van der Waals surface area contributed by atoms with Crippen molar-refractivity contribution in [1.29, 1.82) is 0 Å². The van der Waals surface area contributed by atoms with Crippen molar-refractivity contribution < 1.29 is 101 Å². The summed E-state index contributed by atoms with van der Waals surface area (Å²) in [5.41, 5.74) is 14.0. The molecular weight excluding hydrogens is 1580 g/mol. The average Bonchev–Trinajstić information content (AvgIpc) is 1.50. The number of carbonyl (C=O) groups excluding carboxylic acids is 7. The van der Waals surface area contributed by atoms with Crippen LogP contribution in [0.25, 0.3) is 65.1 Å². The molecule has 6 aromatic heterocycles. The number of rotatable bonds is 26. The van der Waals surface area contributed by atoms with Gasteiger partial charge in [0, 0.05) is 86.8 Å². The van der Waals surface area contributed by atoms with Crippen LogP contribution < -0.4 is 37.9 Å². The SMILES string of the molecule is CCOC(=O)C(=O)N1CCc2cc(OC)c(OCC)cc2C1C(=O)O.CCOC(=O)c1c(C(C)=O)c(-c2cccs2)c2n1CCc1cc(OC)c(OCC)cc1-2.CCOc1cc2c(cc1OC)CCn1c(C(=O)N(CC)C(C)C)c(C(C)=O)c(-c3cccs3)c1-2.CCOc1cc2c(cc1OC)CCn1c(C(=O)O)c(C(C)=O)c(-c3cccs3)c1-2. The number of Topliss-reactive ketones (excluding diaryl/α,β-unsaturated/α-hetero) is 3. The van der Waals surface area contributed by atoms with Crippen LogP contribution >= 0.6 is 34.0 Å². The first-order valence-corrected chi connectivity index (χ1v) is 42.1. The third kappa shape index (κ3) is 17.4. The molecule has 2 amide bonds. The highest BCUT2D eigenvalue weighted by Crippen LogP contribution is 2.52. The molecule has 628 valence electrons. The van der Waals surface area contributed by atoms with Crippen molar-refractivity contribution in [2.75, 3.05) is 81.2 Å². The Morgan fingerprint density at radius 3 is 1.13 bits per heavy atom. The minimum Gasteiger partial charge on any atom is -0.493 e. The van der Waals surface area contributed by atoms with Gasteiger partial charge in [0.25, 0.3) is 5.91 Å². The zero-order valence-corrected chi connectivity index (χ0v) is 72.1. The average molecular weight is 1680 g/mol. The van der Waals surface area contributed by atoms with Gasteiger partial charge in [0.2, 0.25) is 0 Å². The van der Waals surface area contributed by atoms with Gasteiger partial charge in [-0.15, -0.1) is 34.0 Å². The van der Waals surface area contributed by atoms with Crippen LogP contribution in [0, 0.1) is 0 Å². The van der Waals surface area contributed by atoms with E-state index < -0.39 is 35.8 Å². The van der Waals surface area contributed by atoms with Gasteiger partial charge >= 0.3 is 29.8 Å². The standard InChI is InChI=1S/C27H32N2O4S.C24H25NO5S.C22H21NO5S.C17H21NO7/c1-7-28(16(3)4)27(31)26-23(17(5)30)24(22-10-9-13-34-22)25-19-15-21(33-8-2)20(32-6)14-18(19)11-12-29(25)26;1-5-29-18-13-16-15(12-17(18)28-4)9-10-25-22(16)21(19-8-7-11-31-19)20(14(3)26)23(25)24(27)30-6-2;1-4-28-16-11-14-13(10-15(16)27-3)7-8-23-20(14)19(17-6-5-9-29-17)18(12(2)24)21(23)22(25)26;1-4-24-13-9-11-10(8-12(13)23-3)6-7-18(14(11)16(20)21)15(19)17(22)25-5-2/h9-10,13-16H,7-8,11-12H2,1-6H3;7-8,11-13H,5-6,9-10H2,1-4H3;5-6,9-11H,4,7-8H2,1-3H3,(H,25,26);8-9,14H,4-7H2,1-3H3,(H,20,21). The number of aliphatic carboxylic acids is 1. The smallest absolute Gasteiger partial charge is 0.397 e. The van der Waals surface area contributed by atoms with Crippen molar-refractivity contribution in [2.24, 2.45) is 0 Å². The first-order chi connectivity index (χ1) is 57.3. The number of aromatic carboxylic acids is 1. The molecule has 4 aliphatic heterocycles. The topological polar surface area (TPSA) is 308 Å². The molecule has 0 fully saturated rings. The number of carbonyl (C=O) groups is 9. The molecule has 29 heteroatoms. The molecule has 0 saturated heterocycles. The summed E-state index contributed by atoms with van der Waals surface area (Å²) in [5.74, 6) is -0.651. The van der Waals surface area contributed by atoms with Crippen LogP contribution in [0.15, 0.2) is 101 Å². The molecule has 4 aliphatic rings. The van der Waals surface area contributed by atoms with Crippen molar-refractivity contribution in [2.45, 2.75) is 140 Å². The highest BCUT2D eigenvalue weighted by atomic mass is 32.1. The Bertz CT molecular complexity index is 5490. The maximum atomic E-state index is 13.9. The minimum absolute atomic E-state index is 0.0262. The lowest BCUT2D eigenvalue weighted by Crippen LogP contribution is -2.46. The Morgan fingerprint density at radius 2 is 0.798 bits per heavy atom. The fourth-order valence-corrected chi connectivity index (χ4v) is 18.4. The van der Waals surface area contributed by atoms with Gasteiger partial charge in [0.05, 0.1) is 102 Å². The lowest BCUT2D eigenvalue weighted by Gasteiger charge is -2.34. The maximum absolute atomic E-state index is 13.9. The first-order valence-electron chi connectivity index (χ1n) is 39.5. The molecule has 10 heterocycles. The second-order valence-electron chi connectivity index (χ2n) is 28.0. The Labute approximate surface area is 702 Å². The van der Waals surface area contributed by atoms with Gasteiger partial charge in [-0.25, -0.2) is 19.2 Å². The Hall–Kier alpha value is -12.0. The molecule has 0 aliphatic carbocycles. The van der Waals surface area contributed by atoms with E-state index in [1.54, 1.807) is 88.4 Å². The van der Waals surface area contributed by atoms with Gasteiger partial charge in [0.15, 0.2) is 69.4 Å². The summed E-state index contributed by atoms with van der Waals surface area (Å²) in [7, 11) is 6.36. The number of aromatic nitrogens is 3. The summed E-state index contributed by atoms with van der Waals surface area (Å²) >= 11 is 4.61. The number of ether oxygens (including phenoxy) is 10. The van der Waals surface area contributed by atoms with Crippen LogP contribution in [0.3, 0.4) is 0 Å². The second kappa shape index (κ2) is 38.6. The van der Waals surface area contributed by atoms with E-state index in [1.807, 2.05) is 140 Å². The van der Waals surface area contributed by atoms with Gasteiger partial charge < -0.3 is 81.1 Å². The molecule has 14 rings (SSSR count). The molecular formula is C90H99N5O21S3. The molecule has 2 N–H and O–H groups in total. The number of hydrogen-bond donors (Lipinski definition) is 2. The molecule has 0 bridgehead atoms. The molecule has 1 unspecified atom stereocenters. The van der Waals surface area contributed by atoms with Gasteiger partial charge in [-0.05, 0) is 219 Å². The summed E-state index contributed by atoms with van der Waals surface area (Å²) in [4.78, 5) is 119. The number of thiophene rings is 3. The van der Waals surface area contributed by atoms with Crippen molar-refractivity contribution in [3.05, 3.63) is 163 Å². The van der Waals surface area contributed by atoms with Crippen molar-refractivity contribution in [1.82, 2.24) is 23.5 Å². The molecule has 1 atom stereocenters. The van der Waals surface area contributed by atoms with E-state index in [0.29, 0.717) is 152 Å². The van der Waals surface area contributed by atoms with Crippen molar-refractivity contribution >= 4 is 87.1 Å². The molecule has 0 saturated carbocycles. The zero-order chi connectivity index (χ0) is 86.0. The van der Waals surface area contributed by atoms with Crippen LogP contribution in [-0.2, 0) is 69.2 Å². The number of amides is 2. The van der Waals surface area contributed by atoms with Crippen molar-refractivity contribution in [3.63, 3.8) is 0 Å². The Balaban J connectivity index is 0.000000156. The number of benzene rings is 4. The number of esters is 2. The number of hydrogen-bond acceptors (Lipinski definition) is 22. The third-order valence-corrected chi connectivity index (χ3v) is 23.5. The number of fused-ring (bicyclic) bond motifs is 10. The van der Waals surface area contributed by atoms with Crippen LogP contribution in [0.1, 0.15) is 179 Å². The monoisotopic (exact) mass is 1680 g/mol. The molecule has 0 radical (unpaired) electrons. The van der Waals surface area contributed by atoms with E-state index in [0.717, 1.165) is 93.1 Å². The number of methoxy groups -OCH3 is 4. The highest BCUT2D eigenvalue weighted by Gasteiger charge is 2.43. The maximum Gasteiger partial charge on any atom is 0.397 e. The van der Waals surface area contributed by atoms with Gasteiger partial charge in [0.1, 0.15) is 17.1 Å². The van der Waals surface area contributed by atoms with Crippen LogP contribution in [0.5, 0.6) is 46.0 Å². The van der Waals surface area contributed by atoms with Crippen molar-refractivity contribution in [3.8, 4) is 111 Å². The van der Waals surface area contributed by atoms with E-state index in [1.165, 1.54) is 32.3 Å². The molecule has 26 nitrogen and oxygen atoms in total. The molecule has 10 aromatic rings. The van der Waals surface area contributed by atoms with E-state index in [-0.39, 0.29) is 60.3 Å². The predicted molar refractivity (Wildman–Crippen MR) is 455 cm³/mol. The number of ketones is 3. The number of nitrogens with zero attached hydrogens (tertiary/aromatic N) is 5. The van der Waals surface area contributed by atoms with E-state index in [4.69, 9.17) is 47.4 Å². The number of carboxylic acids is 2. The van der Waals surface area contributed by atoms with E-state index in [2.05, 4.69) is 4.57 Å². The van der Waals surface area contributed by atoms with E-state index in [9.17, 15) is 53.4 Å². The lowest BCUT2D eigenvalue weighted by atomic mass is 9.91. The highest BCUT2D eigenvalue weighted by molar-refractivity contribution is 7.14. The fourth-order valence-electron chi connectivity index (χ4n) is 16.0. The molecule has 4 aromatic carbocycles. The summed E-state index contributed by atoms with van der Waals surface area (Å²) in [6, 6.07) is 25.6. The largest absolute Gasteiger partial charge is 0.493 e. The van der Waals surface area contributed by atoms with Crippen LogP contribution in [-0.4, -0.2) is 174 Å². The first kappa shape index (κ1) is 87.9. The summed E-state index contributed by atoms with van der Waals surface area (Å²) in [5, 5.41) is 25.5. The summed E-state index contributed by atoms with van der Waals surface area (Å²) < 4.78 is 60.6. The molecule has 0 spiro atoms. The predicted octanol–water partition coefficient (Wildman–Crippen LogP) is 17.1. The normalized spacial score (nSPS) is 13.0. The quantitative estimate of drug-likeness (QED) is 0.0289. The number of carboxylic acid groups (broad SMARTS) is 2. The van der Waals surface area contributed by atoms with Crippen LogP contribution in [0.2, 0.25) is 0 Å².